The van der Waals surface area contributed by atoms with Crippen molar-refractivity contribution in [2.45, 2.75) is 58.0 Å². The molecular formula is C15H26N2O2S2. The molecule has 0 aromatic carbocycles. The molecule has 21 heavy (non-hydrogen) atoms. The molecule has 0 saturated heterocycles. The van der Waals surface area contributed by atoms with Crippen LogP contribution in [0, 0.1) is 12.8 Å². The lowest BCUT2D eigenvalue weighted by molar-refractivity contribution is 0.341. The number of sulfonamides is 1. The van der Waals surface area contributed by atoms with E-state index < -0.39 is 10.0 Å². The fourth-order valence-electron chi connectivity index (χ4n) is 2.45. The lowest BCUT2D eigenvalue weighted by Crippen LogP contribution is -2.39. The summed E-state index contributed by atoms with van der Waals surface area (Å²) in [5, 5.41) is 5.19. The standard InChI is InChI=1S/C15H26N2O2S2/c1-5-16-8-14-15(12(4)10-20-14)21(18,19)17(11(2)3)9-13-6-7-13/h10-11,13,16H,5-9H2,1-4H3. The molecular weight excluding hydrogens is 304 g/mol. The fraction of sp³-hybridized carbons (Fsp3) is 0.733. The van der Waals surface area contributed by atoms with Gasteiger partial charge in [0.1, 0.15) is 4.90 Å². The van der Waals surface area contributed by atoms with E-state index in [2.05, 4.69) is 5.32 Å². The molecule has 1 N–H and O–H groups in total. The van der Waals surface area contributed by atoms with Crippen LogP contribution in [0.3, 0.4) is 0 Å². The van der Waals surface area contributed by atoms with Gasteiger partial charge in [-0.1, -0.05) is 6.92 Å². The first kappa shape index (κ1) is 16.9. The zero-order valence-corrected chi connectivity index (χ0v) is 15.0. The predicted molar refractivity (Wildman–Crippen MR) is 88.2 cm³/mol. The number of aryl methyl sites for hydroxylation is 1. The topological polar surface area (TPSA) is 49.4 Å². The van der Waals surface area contributed by atoms with Gasteiger partial charge in [-0.05, 0) is 57.0 Å². The highest BCUT2D eigenvalue weighted by Crippen LogP contribution is 2.35. The number of thiophene rings is 1. The van der Waals surface area contributed by atoms with Crippen molar-refractivity contribution < 1.29 is 8.42 Å². The van der Waals surface area contributed by atoms with E-state index >= 15 is 0 Å². The average Bonchev–Trinajstić information content (AvgIpc) is 3.15. The Morgan fingerprint density at radius 1 is 1.43 bits per heavy atom. The maximum atomic E-state index is 13.1. The van der Waals surface area contributed by atoms with E-state index in [1.165, 1.54) is 11.3 Å². The van der Waals surface area contributed by atoms with Crippen molar-refractivity contribution in [3.8, 4) is 0 Å². The molecule has 0 radical (unpaired) electrons. The first-order valence-corrected chi connectivity index (χ1v) is 9.99. The van der Waals surface area contributed by atoms with E-state index in [-0.39, 0.29) is 6.04 Å². The van der Waals surface area contributed by atoms with Crippen LogP contribution in [-0.2, 0) is 16.6 Å². The molecule has 4 nitrogen and oxygen atoms in total. The van der Waals surface area contributed by atoms with Crippen LogP contribution < -0.4 is 5.32 Å². The molecule has 1 fully saturated rings. The average molecular weight is 331 g/mol. The van der Waals surface area contributed by atoms with E-state index in [4.69, 9.17) is 0 Å². The van der Waals surface area contributed by atoms with Crippen molar-refractivity contribution in [2.75, 3.05) is 13.1 Å². The van der Waals surface area contributed by atoms with Gasteiger partial charge in [0.25, 0.3) is 0 Å². The number of hydrogen-bond donors (Lipinski definition) is 1. The second-order valence-electron chi connectivity index (χ2n) is 6.06. The van der Waals surface area contributed by atoms with Gasteiger partial charge in [0, 0.05) is 24.0 Å². The van der Waals surface area contributed by atoms with E-state index in [0.717, 1.165) is 29.8 Å². The lowest BCUT2D eigenvalue weighted by atomic mass is 10.3. The van der Waals surface area contributed by atoms with Crippen molar-refractivity contribution in [1.82, 2.24) is 9.62 Å². The molecule has 0 unspecified atom stereocenters. The first-order chi connectivity index (χ1) is 9.87. The van der Waals surface area contributed by atoms with Crippen LogP contribution in [0.2, 0.25) is 0 Å². The monoisotopic (exact) mass is 330 g/mol. The van der Waals surface area contributed by atoms with Gasteiger partial charge >= 0.3 is 0 Å². The van der Waals surface area contributed by atoms with Gasteiger partial charge < -0.3 is 5.32 Å². The molecule has 0 aliphatic heterocycles. The normalized spacial score (nSPS) is 16.1. The largest absolute Gasteiger partial charge is 0.312 e. The van der Waals surface area contributed by atoms with Crippen LogP contribution in [0.1, 0.15) is 44.1 Å². The SMILES string of the molecule is CCNCc1scc(C)c1S(=O)(=O)N(CC1CC1)C(C)C. The van der Waals surface area contributed by atoms with Gasteiger partial charge in [0.05, 0.1) is 0 Å². The molecule has 1 aliphatic carbocycles. The molecule has 6 heteroatoms. The quantitative estimate of drug-likeness (QED) is 0.797. The highest BCUT2D eigenvalue weighted by Gasteiger charge is 2.35. The van der Waals surface area contributed by atoms with Crippen LogP contribution in [-0.4, -0.2) is 31.9 Å². The van der Waals surface area contributed by atoms with E-state index in [1.807, 2.05) is 33.1 Å². The minimum Gasteiger partial charge on any atom is -0.312 e. The highest BCUT2D eigenvalue weighted by atomic mass is 32.2. The highest BCUT2D eigenvalue weighted by molar-refractivity contribution is 7.89. The molecule has 0 amide bonds. The molecule has 1 aromatic heterocycles. The van der Waals surface area contributed by atoms with E-state index in [0.29, 0.717) is 23.9 Å². The molecule has 120 valence electrons. The summed E-state index contributed by atoms with van der Waals surface area (Å²) in [7, 11) is -3.40. The minimum absolute atomic E-state index is 0.00174. The van der Waals surface area contributed by atoms with Crippen molar-refractivity contribution in [1.29, 1.82) is 0 Å². The summed E-state index contributed by atoms with van der Waals surface area (Å²) in [5.41, 5.74) is 0.870. The molecule has 1 aromatic rings. The van der Waals surface area contributed by atoms with Crippen LogP contribution in [0.4, 0.5) is 0 Å². The van der Waals surface area contributed by atoms with Crippen LogP contribution in [0.5, 0.6) is 0 Å². The third kappa shape index (κ3) is 3.86. The summed E-state index contributed by atoms with van der Waals surface area (Å²) in [6.45, 7) is 9.98. The second-order valence-corrected chi connectivity index (χ2v) is 8.85. The summed E-state index contributed by atoms with van der Waals surface area (Å²) in [6, 6.07) is 0.00174. The van der Waals surface area contributed by atoms with Gasteiger partial charge in [-0.25, -0.2) is 8.42 Å². The zero-order chi connectivity index (χ0) is 15.6. The predicted octanol–water partition coefficient (Wildman–Crippen LogP) is 2.98. The summed E-state index contributed by atoms with van der Waals surface area (Å²) in [5.74, 6) is 0.554. The van der Waals surface area contributed by atoms with Crippen molar-refractivity contribution in [3.63, 3.8) is 0 Å². The van der Waals surface area contributed by atoms with Gasteiger partial charge in [-0.3, -0.25) is 0 Å². The van der Waals surface area contributed by atoms with Crippen molar-refractivity contribution in [2.24, 2.45) is 5.92 Å². The van der Waals surface area contributed by atoms with Gasteiger partial charge in [-0.15, -0.1) is 11.3 Å². The molecule has 0 bridgehead atoms. The molecule has 1 saturated carbocycles. The Bertz CT molecular complexity index is 574. The van der Waals surface area contributed by atoms with Gasteiger partial charge in [0.2, 0.25) is 10.0 Å². The summed E-state index contributed by atoms with van der Waals surface area (Å²) >= 11 is 1.54. The third-order valence-electron chi connectivity index (χ3n) is 3.80. The lowest BCUT2D eigenvalue weighted by Gasteiger charge is -2.26. The maximum absolute atomic E-state index is 13.1. The fourth-order valence-corrected chi connectivity index (χ4v) is 5.90. The van der Waals surface area contributed by atoms with Crippen molar-refractivity contribution in [3.05, 3.63) is 15.8 Å². The minimum atomic E-state index is -3.40. The summed E-state index contributed by atoms with van der Waals surface area (Å²) in [6.07, 6.45) is 2.32. The Kier molecular flexibility index (Phi) is 5.46. The van der Waals surface area contributed by atoms with Gasteiger partial charge in [-0.2, -0.15) is 4.31 Å². The zero-order valence-electron chi connectivity index (χ0n) is 13.3. The van der Waals surface area contributed by atoms with Crippen LogP contribution in [0.25, 0.3) is 0 Å². The molecule has 1 heterocycles. The third-order valence-corrected chi connectivity index (χ3v) is 7.31. The molecule has 0 atom stereocenters. The summed E-state index contributed by atoms with van der Waals surface area (Å²) < 4.78 is 27.9. The van der Waals surface area contributed by atoms with Crippen LogP contribution >= 0.6 is 11.3 Å². The Balaban J connectivity index is 2.34. The molecule has 0 spiro atoms. The Hall–Kier alpha value is -0.430. The Labute approximate surface area is 132 Å². The number of hydrogen-bond acceptors (Lipinski definition) is 4. The van der Waals surface area contributed by atoms with E-state index in [9.17, 15) is 8.42 Å². The number of nitrogens with one attached hydrogen (secondary N) is 1. The van der Waals surface area contributed by atoms with Crippen molar-refractivity contribution >= 4 is 21.4 Å². The Morgan fingerprint density at radius 2 is 2.10 bits per heavy atom. The smallest absolute Gasteiger partial charge is 0.244 e. The second kappa shape index (κ2) is 6.77. The van der Waals surface area contributed by atoms with E-state index in [1.54, 1.807) is 4.31 Å². The first-order valence-electron chi connectivity index (χ1n) is 7.67. The summed E-state index contributed by atoms with van der Waals surface area (Å²) in [4.78, 5) is 1.46. The maximum Gasteiger partial charge on any atom is 0.244 e. The number of nitrogens with zero attached hydrogens (tertiary/aromatic N) is 1. The molecule has 1 aliphatic rings. The van der Waals surface area contributed by atoms with Gasteiger partial charge in [0.15, 0.2) is 0 Å². The Morgan fingerprint density at radius 3 is 2.62 bits per heavy atom. The van der Waals surface area contributed by atoms with Crippen LogP contribution in [0.15, 0.2) is 10.3 Å². The molecule has 2 rings (SSSR count). The number of rotatable bonds is 8.